The van der Waals surface area contributed by atoms with Gasteiger partial charge in [0, 0.05) is 0 Å². The minimum atomic E-state index is -0.313. The van der Waals surface area contributed by atoms with Gasteiger partial charge in [0.2, 0.25) is 0 Å². The van der Waals surface area contributed by atoms with E-state index in [0.29, 0.717) is 10.9 Å². The lowest BCUT2D eigenvalue weighted by Gasteiger charge is -2.17. The highest BCUT2D eigenvalue weighted by atomic mass is 79.9. The minimum absolute atomic E-state index is 0.210. The molecule has 2 rings (SSSR count). The fourth-order valence-corrected chi connectivity index (χ4v) is 2.32. The van der Waals surface area contributed by atoms with Crippen molar-refractivity contribution in [2.45, 2.75) is 12.5 Å². The fourth-order valence-electron chi connectivity index (χ4n) is 1.89. The van der Waals surface area contributed by atoms with Gasteiger partial charge in [0.1, 0.15) is 11.6 Å². The van der Waals surface area contributed by atoms with Crippen molar-refractivity contribution in [1.29, 1.82) is 0 Å². The lowest BCUT2D eigenvalue weighted by Crippen LogP contribution is -2.29. The van der Waals surface area contributed by atoms with Crippen LogP contribution in [0.15, 0.2) is 46.9 Å². The summed E-state index contributed by atoms with van der Waals surface area (Å²) in [5.74, 6) is 4.91. The van der Waals surface area contributed by atoms with Gasteiger partial charge in [-0.1, -0.05) is 24.3 Å². The van der Waals surface area contributed by atoms with Crippen LogP contribution in [0.3, 0.4) is 0 Å². The zero-order valence-corrected chi connectivity index (χ0v) is 11.6. The standard InChI is InChI=1S/C14H13BrF2N2/c15-14-10(2-1-3-12(14)17)8-13(19-18)9-4-6-11(16)7-5-9/h1-7,13,19H,8,18H2. The maximum Gasteiger partial charge on any atom is 0.137 e. The molecule has 3 N–H and O–H groups in total. The molecule has 2 aromatic rings. The molecular formula is C14H13BrF2N2. The number of hydrogen-bond donors (Lipinski definition) is 2. The van der Waals surface area contributed by atoms with E-state index in [0.717, 1.165) is 11.1 Å². The molecule has 0 aliphatic rings. The summed E-state index contributed by atoms with van der Waals surface area (Å²) in [6, 6.07) is 10.7. The van der Waals surface area contributed by atoms with Crippen LogP contribution in [0.2, 0.25) is 0 Å². The molecule has 100 valence electrons. The van der Waals surface area contributed by atoms with E-state index in [-0.39, 0.29) is 17.7 Å². The number of nitrogens with one attached hydrogen (secondary N) is 1. The first kappa shape index (κ1) is 14.1. The number of nitrogens with two attached hydrogens (primary N) is 1. The van der Waals surface area contributed by atoms with Crippen molar-refractivity contribution in [3.63, 3.8) is 0 Å². The maximum absolute atomic E-state index is 13.4. The average Bonchev–Trinajstić information content (AvgIpc) is 2.42. The molecule has 1 atom stereocenters. The second-order valence-electron chi connectivity index (χ2n) is 4.19. The van der Waals surface area contributed by atoms with Gasteiger partial charge in [0.15, 0.2) is 0 Å². The van der Waals surface area contributed by atoms with Crippen LogP contribution in [0, 0.1) is 11.6 Å². The summed E-state index contributed by atoms with van der Waals surface area (Å²) >= 11 is 3.22. The molecule has 0 radical (unpaired) electrons. The molecule has 2 nitrogen and oxygen atoms in total. The van der Waals surface area contributed by atoms with Crippen molar-refractivity contribution in [2.24, 2.45) is 5.84 Å². The van der Waals surface area contributed by atoms with E-state index >= 15 is 0 Å². The summed E-state index contributed by atoms with van der Waals surface area (Å²) < 4.78 is 26.8. The molecule has 1 unspecified atom stereocenters. The Hall–Kier alpha value is -1.30. The van der Waals surface area contributed by atoms with Gasteiger partial charge in [-0.3, -0.25) is 11.3 Å². The molecule has 0 aromatic heterocycles. The molecule has 2 aromatic carbocycles. The zero-order chi connectivity index (χ0) is 13.8. The Kier molecular flexibility index (Phi) is 4.63. The van der Waals surface area contributed by atoms with Crippen LogP contribution >= 0.6 is 15.9 Å². The second-order valence-corrected chi connectivity index (χ2v) is 4.98. The van der Waals surface area contributed by atoms with E-state index in [9.17, 15) is 8.78 Å². The molecule has 0 saturated heterocycles. The molecule has 0 bridgehead atoms. The first-order chi connectivity index (χ1) is 9.11. The summed E-state index contributed by atoms with van der Waals surface area (Å²) in [5, 5.41) is 0. The quantitative estimate of drug-likeness (QED) is 0.667. The van der Waals surface area contributed by atoms with E-state index in [1.54, 1.807) is 18.2 Å². The highest BCUT2D eigenvalue weighted by Crippen LogP contribution is 2.25. The normalized spacial score (nSPS) is 12.4. The van der Waals surface area contributed by atoms with Crippen LogP contribution in [0.4, 0.5) is 8.78 Å². The van der Waals surface area contributed by atoms with Crippen LogP contribution in [0.5, 0.6) is 0 Å². The third kappa shape index (κ3) is 3.37. The van der Waals surface area contributed by atoms with Crippen LogP contribution < -0.4 is 11.3 Å². The SMILES string of the molecule is NNC(Cc1cccc(F)c1Br)c1ccc(F)cc1. The van der Waals surface area contributed by atoms with Crippen LogP contribution in [0.25, 0.3) is 0 Å². The van der Waals surface area contributed by atoms with Gasteiger partial charge in [0.05, 0.1) is 10.5 Å². The fraction of sp³-hybridized carbons (Fsp3) is 0.143. The number of halogens is 3. The zero-order valence-electron chi connectivity index (χ0n) is 10.0. The molecule has 0 saturated carbocycles. The van der Waals surface area contributed by atoms with Crippen molar-refractivity contribution in [2.75, 3.05) is 0 Å². The number of hydrazine groups is 1. The predicted octanol–water partition coefficient (Wildman–Crippen LogP) is 3.47. The molecule has 0 aliphatic heterocycles. The van der Waals surface area contributed by atoms with Gasteiger partial charge in [-0.2, -0.15) is 0 Å². The van der Waals surface area contributed by atoms with Crippen molar-refractivity contribution in [3.05, 3.63) is 69.7 Å². The summed E-state index contributed by atoms with van der Waals surface area (Å²) in [6.45, 7) is 0. The van der Waals surface area contributed by atoms with E-state index in [1.807, 2.05) is 6.07 Å². The maximum atomic E-state index is 13.4. The Morgan fingerprint density at radius 1 is 1.11 bits per heavy atom. The van der Waals surface area contributed by atoms with Crippen LogP contribution in [0.1, 0.15) is 17.2 Å². The Labute approximate surface area is 118 Å². The topological polar surface area (TPSA) is 38.0 Å². The Morgan fingerprint density at radius 2 is 1.79 bits per heavy atom. The summed E-state index contributed by atoms with van der Waals surface area (Å²) in [6.07, 6.45) is 0.500. The van der Waals surface area contributed by atoms with Crippen molar-refractivity contribution >= 4 is 15.9 Å². The van der Waals surface area contributed by atoms with Gasteiger partial charge in [-0.25, -0.2) is 8.78 Å². The van der Waals surface area contributed by atoms with Crippen molar-refractivity contribution in [1.82, 2.24) is 5.43 Å². The molecule has 0 spiro atoms. The van der Waals surface area contributed by atoms with Gasteiger partial charge < -0.3 is 0 Å². The predicted molar refractivity (Wildman–Crippen MR) is 74.3 cm³/mol. The lowest BCUT2D eigenvalue weighted by molar-refractivity contribution is 0.544. The Bertz CT molecular complexity index is 558. The molecule has 0 fully saturated rings. The van der Waals surface area contributed by atoms with E-state index in [4.69, 9.17) is 5.84 Å². The van der Waals surface area contributed by atoms with E-state index < -0.39 is 0 Å². The number of hydrogen-bond acceptors (Lipinski definition) is 2. The first-order valence-corrected chi connectivity index (χ1v) is 6.55. The van der Waals surface area contributed by atoms with Crippen LogP contribution in [-0.4, -0.2) is 0 Å². The highest BCUT2D eigenvalue weighted by Gasteiger charge is 2.14. The van der Waals surface area contributed by atoms with Gasteiger partial charge in [-0.05, 0) is 51.7 Å². The summed E-state index contributed by atoms with van der Waals surface area (Å²) in [5.41, 5.74) is 4.31. The van der Waals surface area contributed by atoms with E-state index in [1.165, 1.54) is 18.2 Å². The van der Waals surface area contributed by atoms with Crippen molar-refractivity contribution < 1.29 is 8.78 Å². The molecular weight excluding hydrogens is 314 g/mol. The molecule has 0 amide bonds. The van der Waals surface area contributed by atoms with Gasteiger partial charge >= 0.3 is 0 Å². The van der Waals surface area contributed by atoms with E-state index in [2.05, 4.69) is 21.4 Å². The number of benzene rings is 2. The molecule has 19 heavy (non-hydrogen) atoms. The summed E-state index contributed by atoms with van der Waals surface area (Å²) in [4.78, 5) is 0. The monoisotopic (exact) mass is 326 g/mol. The Balaban J connectivity index is 2.24. The smallest absolute Gasteiger partial charge is 0.137 e. The first-order valence-electron chi connectivity index (χ1n) is 5.76. The highest BCUT2D eigenvalue weighted by molar-refractivity contribution is 9.10. The lowest BCUT2D eigenvalue weighted by atomic mass is 9.99. The third-order valence-corrected chi connectivity index (χ3v) is 3.82. The third-order valence-electron chi connectivity index (χ3n) is 2.93. The Morgan fingerprint density at radius 3 is 2.42 bits per heavy atom. The van der Waals surface area contributed by atoms with Crippen molar-refractivity contribution in [3.8, 4) is 0 Å². The minimum Gasteiger partial charge on any atom is -0.271 e. The molecule has 0 heterocycles. The average molecular weight is 327 g/mol. The number of rotatable bonds is 4. The van der Waals surface area contributed by atoms with Crippen LogP contribution in [-0.2, 0) is 6.42 Å². The van der Waals surface area contributed by atoms with Gasteiger partial charge in [0.25, 0.3) is 0 Å². The largest absolute Gasteiger partial charge is 0.271 e. The molecule has 5 heteroatoms. The second kappa shape index (κ2) is 6.23. The molecule has 0 aliphatic carbocycles. The van der Waals surface area contributed by atoms with Gasteiger partial charge in [-0.15, -0.1) is 0 Å². The summed E-state index contributed by atoms with van der Waals surface area (Å²) in [7, 11) is 0.